The van der Waals surface area contributed by atoms with E-state index in [1.54, 1.807) is 0 Å². The molecule has 1 aliphatic carbocycles. The third-order valence-corrected chi connectivity index (χ3v) is 5.27. The van der Waals surface area contributed by atoms with Gasteiger partial charge in [0.1, 0.15) is 12.2 Å². The minimum atomic E-state index is -5.49. The van der Waals surface area contributed by atoms with Gasteiger partial charge in [0, 0.05) is 12.1 Å². The van der Waals surface area contributed by atoms with Crippen molar-refractivity contribution in [2.45, 2.75) is 56.6 Å². The second kappa shape index (κ2) is 8.85. The average molecular weight is 401 g/mol. The van der Waals surface area contributed by atoms with Crippen LogP contribution in [0.3, 0.4) is 0 Å². The number of rotatable bonds is 9. The van der Waals surface area contributed by atoms with E-state index in [2.05, 4.69) is 11.3 Å². The number of hydrogen-bond donors (Lipinski definition) is 1. The SMILES string of the molecule is C=C(CC(=O)OCCNS(=O)(=O)C(F)(F)F)C(=O)OC1(CC)CCCC1. The van der Waals surface area contributed by atoms with Crippen molar-refractivity contribution >= 4 is 22.0 Å². The molecular weight excluding hydrogens is 379 g/mol. The van der Waals surface area contributed by atoms with E-state index in [-0.39, 0.29) is 5.57 Å². The van der Waals surface area contributed by atoms with E-state index >= 15 is 0 Å². The summed E-state index contributed by atoms with van der Waals surface area (Å²) < 4.78 is 69.0. The molecule has 0 bridgehead atoms. The van der Waals surface area contributed by atoms with Crippen molar-refractivity contribution in [1.29, 1.82) is 0 Å². The molecule has 0 atom stereocenters. The molecule has 0 radical (unpaired) electrons. The van der Waals surface area contributed by atoms with Crippen molar-refractivity contribution < 1.29 is 40.7 Å². The van der Waals surface area contributed by atoms with Crippen LogP contribution in [0.15, 0.2) is 12.2 Å². The zero-order valence-electron chi connectivity index (χ0n) is 14.4. The molecule has 26 heavy (non-hydrogen) atoms. The van der Waals surface area contributed by atoms with Gasteiger partial charge in [-0.1, -0.05) is 13.5 Å². The summed E-state index contributed by atoms with van der Waals surface area (Å²) >= 11 is 0. The number of esters is 2. The van der Waals surface area contributed by atoms with Gasteiger partial charge in [0.2, 0.25) is 0 Å². The Morgan fingerprint density at radius 3 is 2.31 bits per heavy atom. The van der Waals surface area contributed by atoms with Gasteiger partial charge < -0.3 is 9.47 Å². The Labute approximate surface area is 150 Å². The van der Waals surface area contributed by atoms with E-state index in [9.17, 15) is 31.2 Å². The van der Waals surface area contributed by atoms with Crippen molar-refractivity contribution in [3.05, 3.63) is 12.2 Å². The van der Waals surface area contributed by atoms with Crippen LogP contribution in [0, 0.1) is 0 Å². The highest BCUT2D eigenvalue weighted by Gasteiger charge is 2.45. The molecule has 0 spiro atoms. The highest BCUT2D eigenvalue weighted by molar-refractivity contribution is 7.90. The molecule has 0 aromatic heterocycles. The van der Waals surface area contributed by atoms with Gasteiger partial charge in [-0.2, -0.15) is 13.2 Å². The molecular formula is C15H22F3NO6S. The van der Waals surface area contributed by atoms with Crippen molar-refractivity contribution in [1.82, 2.24) is 4.72 Å². The number of sulfonamides is 1. The second-order valence-electron chi connectivity index (χ2n) is 5.98. The van der Waals surface area contributed by atoms with Gasteiger partial charge in [0.15, 0.2) is 0 Å². The van der Waals surface area contributed by atoms with E-state index in [1.165, 1.54) is 4.72 Å². The van der Waals surface area contributed by atoms with Crippen LogP contribution in [0.4, 0.5) is 13.2 Å². The molecule has 0 aromatic rings. The molecule has 0 amide bonds. The Kier molecular flexibility index (Phi) is 7.63. The van der Waals surface area contributed by atoms with Crippen LogP contribution >= 0.6 is 0 Å². The number of nitrogens with one attached hydrogen (secondary N) is 1. The molecule has 1 fully saturated rings. The standard InChI is InChI=1S/C15H22F3NO6S/c1-3-14(6-4-5-7-14)25-13(21)11(2)10-12(20)24-9-8-19-26(22,23)15(16,17)18/h19H,2-10H2,1H3. The summed E-state index contributed by atoms with van der Waals surface area (Å²) in [5.41, 5.74) is -6.12. The van der Waals surface area contributed by atoms with Crippen molar-refractivity contribution in [3.8, 4) is 0 Å². The lowest BCUT2D eigenvalue weighted by Crippen LogP contribution is -2.38. The topological polar surface area (TPSA) is 98.8 Å². The molecule has 0 aromatic carbocycles. The zero-order valence-corrected chi connectivity index (χ0v) is 15.2. The zero-order chi connectivity index (χ0) is 20.0. The summed E-state index contributed by atoms with van der Waals surface area (Å²) in [7, 11) is -5.49. The first-order valence-corrected chi connectivity index (χ1v) is 9.53. The smallest absolute Gasteiger partial charge is 0.464 e. The molecule has 0 saturated heterocycles. The lowest BCUT2D eigenvalue weighted by molar-refractivity contribution is -0.156. The molecule has 150 valence electrons. The highest BCUT2D eigenvalue weighted by atomic mass is 32.2. The Morgan fingerprint density at radius 1 is 1.23 bits per heavy atom. The summed E-state index contributed by atoms with van der Waals surface area (Å²) in [6.07, 6.45) is 3.53. The largest absolute Gasteiger partial charge is 0.511 e. The molecule has 1 aliphatic rings. The Bertz CT molecular complexity index is 638. The normalized spacial score (nSPS) is 16.9. The molecule has 11 heteroatoms. The van der Waals surface area contributed by atoms with Crippen molar-refractivity contribution in [3.63, 3.8) is 0 Å². The van der Waals surface area contributed by atoms with Crippen LogP contribution < -0.4 is 4.72 Å². The number of ether oxygens (including phenoxy) is 2. The first-order chi connectivity index (χ1) is 11.9. The number of halogens is 3. The minimum absolute atomic E-state index is 0.134. The van der Waals surface area contributed by atoms with Gasteiger partial charge in [0.05, 0.1) is 6.42 Å². The maximum Gasteiger partial charge on any atom is 0.511 e. The van der Waals surface area contributed by atoms with Crippen molar-refractivity contribution in [2.24, 2.45) is 0 Å². The van der Waals surface area contributed by atoms with Gasteiger partial charge in [-0.15, -0.1) is 0 Å². The summed E-state index contributed by atoms with van der Waals surface area (Å²) in [5.74, 6) is -1.64. The number of carbonyl (C=O) groups excluding carboxylic acids is 2. The fourth-order valence-corrected chi connectivity index (χ4v) is 3.05. The van der Waals surface area contributed by atoms with Gasteiger partial charge in [-0.05, 0) is 32.1 Å². The minimum Gasteiger partial charge on any atom is -0.464 e. The van der Waals surface area contributed by atoms with E-state index in [0.717, 1.165) is 25.7 Å². The molecule has 1 rings (SSSR count). The van der Waals surface area contributed by atoms with Gasteiger partial charge in [-0.25, -0.2) is 17.9 Å². The van der Waals surface area contributed by atoms with E-state index in [1.807, 2.05) is 6.92 Å². The van der Waals surface area contributed by atoms with E-state index < -0.39 is 52.6 Å². The van der Waals surface area contributed by atoms with Crippen LogP contribution in [0.25, 0.3) is 0 Å². The molecule has 0 aliphatic heterocycles. The molecule has 1 saturated carbocycles. The number of alkyl halides is 3. The lowest BCUT2D eigenvalue weighted by Gasteiger charge is -2.27. The van der Waals surface area contributed by atoms with Gasteiger partial charge in [-0.3, -0.25) is 4.79 Å². The third-order valence-electron chi connectivity index (χ3n) is 4.08. The van der Waals surface area contributed by atoms with E-state index in [4.69, 9.17) is 4.74 Å². The van der Waals surface area contributed by atoms with E-state index in [0.29, 0.717) is 6.42 Å². The van der Waals surface area contributed by atoms with Crippen molar-refractivity contribution in [2.75, 3.05) is 13.2 Å². The van der Waals surface area contributed by atoms with Crippen LogP contribution in [0.2, 0.25) is 0 Å². The maximum absolute atomic E-state index is 12.1. The molecule has 0 heterocycles. The maximum atomic E-state index is 12.1. The summed E-state index contributed by atoms with van der Waals surface area (Å²) in [6, 6.07) is 0. The third kappa shape index (κ3) is 6.27. The molecule has 0 unspecified atom stereocenters. The number of carbonyl (C=O) groups is 2. The summed E-state index contributed by atoms with van der Waals surface area (Å²) in [6.45, 7) is 4.00. The number of hydrogen-bond acceptors (Lipinski definition) is 6. The quantitative estimate of drug-likeness (QED) is 0.361. The second-order valence-corrected chi connectivity index (χ2v) is 7.74. The first-order valence-electron chi connectivity index (χ1n) is 8.05. The van der Waals surface area contributed by atoms with Crippen LogP contribution in [0.1, 0.15) is 45.4 Å². The summed E-state index contributed by atoms with van der Waals surface area (Å²) in [5, 5.41) is 0. The van der Waals surface area contributed by atoms with Gasteiger partial charge in [0.25, 0.3) is 0 Å². The average Bonchev–Trinajstić information content (AvgIpc) is 2.99. The van der Waals surface area contributed by atoms with Crippen LogP contribution in [-0.4, -0.2) is 44.6 Å². The highest BCUT2D eigenvalue weighted by Crippen LogP contribution is 2.36. The fraction of sp³-hybridized carbons (Fsp3) is 0.733. The Balaban J connectivity index is 2.36. The first kappa shape index (κ1) is 22.4. The van der Waals surface area contributed by atoms with Crippen LogP contribution in [0.5, 0.6) is 0 Å². The molecule has 7 nitrogen and oxygen atoms in total. The Morgan fingerprint density at radius 2 is 1.81 bits per heavy atom. The monoisotopic (exact) mass is 401 g/mol. The summed E-state index contributed by atoms with van der Waals surface area (Å²) in [4.78, 5) is 23.6. The fourth-order valence-electron chi connectivity index (χ4n) is 2.54. The van der Waals surface area contributed by atoms with Crippen LogP contribution in [-0.2, 0) is 29.1 Å². The van der Waals surface area contributed by atoms with Gasteiger partial charge >= 0.3 is 27.5 Å². The predicted octanol–water partition coefficient (Wildman–Crippen LogP) is 2.18. The molecule has 1 N–H and O–H groups in total. The predicted molar refractivity (Wildman–Crippen MR) is 85.3 cm³/mol. The Hall–Kier alpha value is -1.62. The lowest BCUT2D eigenvalue weighted by atomic mass is 9.98.